The van der Waals surface area contributed by atoms with Gasteiger partial charge in [0, 0.05) is 0 Å². The highest BCUT2D eigenvalue weighted by Gasteiger charge is 2.32. The smallest absolute Gasteiger partial charge is 0.126 e. The van der Waals surface area contributed by atoms with E-state index < -0.39 is 5.54 Å². The van der Waals surface area contributed by atoms with Gasteiger partial charge in [0.25, 0.3) is 0 Å². The third kappa shape index (κ3) is 2.23. The van der Waals surface area contributed by atoms with Gasteiger partial charge in [-0.05, 0) is 43.9 Å². The molecule has 0 saturated carbocycles. The Bertz CT molecular complexity index is 403. The first-order chi connectivity index (χ1) is 7.76. The first-order valence-electron chi connectivity index (χ1n) is 5.65. The minimum atomic E-state index is -0.428. The van der Waals surface area contributed by atoms with E-state index in [4.69, 9.17) is 5.26 Å². The van der Waals surface area contributed by atoms with Crippen molar-refractivity contribution in [3.05, 3.63) is 35.6 Å². The molecule has 0 spiro atoms. The van der Waals surface area contributed by atoms with E-state index in [2.05, 4.69) is 11.4 Å². The number of nitrogens with one attached hydrogen (secondary N) is 1. The molecule has 0 aromatic heterocycles. The molecule has 1 atom stereocenters. The van der Waals surface area contributed by atoms with E-state index in [1.165, 1.54) is 6.07 Å². The van der Waals surface area contributed by atoms with Crippen molar-refractivity contribution in [3.63, 3.8) is 0 Å². The van der Waals surface area contributed by atoms with Crippen LogP contribution in [0.15, 0.2) is 24.3 Å². The highest BCUT2D eigenvalue weighted by molar-refractivity contribution is 5.20. The second kappa shape index (κ2) is 4.63. The lowest BCUT2D eigenvalue weighted by Crippen LogP contribution is -2.38. The molecule has 1 aliphatic rings. The number of rotatable bonds is 3. The monoisotopic (exact) mass is 218 g/mol. The number of nitrogens with zero attached hydrogens (tertiary/aromatic N) is 1. The van der Waals surface area contributed by atoms with Gasteiger partial charge in [-0.25, -0.2) is 4.39 Å². The molecule has 0 radical (unpaired) electrons. The molecule has 1 aromatic carbocycles. The Morgan fingerprint density at radius 3 is 2.88 bits per heavy atom. The molecule has 0 aliphatic carbocycles. The van der Waals surface area contributed by atoms with Crippen LogP contribution in [0.1, 0.15) is 24.8 Å². The summed E-state index contributed by atoms with van der Waals surface area (Å²) in [6.07, 6.45) is 3.21. The third-order valence-corrected chi connectivity index (χ3v) is 3.24. The van der Waals surface area contributed by atoms with Crippen LogP contribution >= 0.6 is 0 Å². The van der Waals surface area contributed by atoms with Crippen LogP contribution in [0.5, 0.6) is 0 Å². The van der Waals surface area contributed by atoms with E-state index >= 15 is 0 Å². The van der Waals surface area contributed by atoms with Crippen LogP contribution in [-0.4, -0.2) is 12.1 Å². The lowest BCUT2D eigenvalue weighted by atomic mass is 9.91. The molecular weight excluding hydrogens is 203 g/mol. The molecular formula is C13H15FN2. The zero-order valence-electron chi connectivity index (χ0n) is 9.17. The molecule has 0 bridgehead atoms. The summed E-state index contributed by atoms with van der Waals surface area (Å²) in [5.74, 6) is -0.173. The predicted molar refractivity (Wildman–Crippen MR) is 60.3 cm³/mol. The molecule has 1 unspecified atom stereocenters. The summed E-state index contributed by atoms with van der Waals surface area (Å²) >= 11 is 0. The van der Waals surface area contributed by atoms with Gasteiger partial charge < -0.3 is 0 Å². The Morgan fingerprint density at radius 1 is 1.44 bits per heavy atom. The topological polar surface area (TPSA) is 35.8 Å². The normalized spacial score (nSPS) is 24.2. The molecule has 16 heavy (non-hydrogen) atoms. The van der Waals surface area contributed by atoms with Crippen molar-refractivity contribution in [2.75, 3.05) is 6.54 Å². The summed E-state index contributed by atoms with van der Waals surface area (Å²) in [6, 6.07) is 9.11. The van der Waals surface area contributed by atoms with Gasteiger partial charge in [-0.1, -0.05) is 18.2 Å². The molecule has 84 valence electrons. The number of hydrogen-bond acceptors (Lipinski definition) is 2. The van der Waals surface area contributed by atoms with E-state index in [0.29, 0.717) is 18.4 Å². The Hall–Kier alpha value is -1.40. The SMILES string of the molecule is N#CC1(CCc2ccccc2F)CCCN1. The van der Waals surface area contributed by atoms with Crippen molar-refractivity contribution in [1.29, 1.82) is 5.26 Å². The van der Waals surface area contributed by atoms with Crippen molar-refractivity contribution in [3.8, 4) is 6.07 Å². The first kappa shape index (κ1) is 11.1. The zero-order chi connectivity index (χ0) is 11.4. The van der Waals surface area contributed by atoms with E-state index in [1.807, 2.05) is 6.07 Å². The molecule has 1 N–H and O–H groups in total. The number of aryl methyl sites for hydroxylation is 1. The van der Waals surface area contributed by atoms with E-state index in [1.54, 1.807) is 12.1 Å². The molecule has 2 nitrogen and oxygen atoms in total. The quantitative estimate of drug-likeness (QED) is 0.845. The van der Waals surface area contributed by atoms with Gasteiger partial charge in [-0.3, -0.25) is 5.32 Å². The minimum Gasteiger partial charge on any atom is -0.299 e. The van der Waals surface area contributed by atoms with E-state index in [9.17, 15) is 4.39 Å². The van der Waals surface area contributed by atoms with Gasteiger partial charge >= 0.3 is 0 Å². The number of halogens is 1. The third-order valence-electron chi connectivity index (χ3n) is 3.24. The lowest BCUT2D eigenvalue weighted by Gasteiger charge is -2.20. The summed E-state index contributed by atoms with van der Waals surface area (Å²) in [6.45, 7) is 0.894. The van der Waals surface area contributed by atoms with E-state index in [0.717, 1.165) is 19.4 Å². The van der Waals surface area contributed by atoms with Crippen molar-refractivity contribution in [1.82, 2.24) is 5.32 Å². The maximum absolute atomic E-state index is 13.4. The van der Waals surface area contributed by atoms with Crippen LogP contribution in [0, 0.1) is 17.1 Å². The maximum Gasteiger partial charge on any atom is 0.126 e. The Kier molecular flexibility index (Phi) is 3.21. The molecule has 1 aliphatic heterocycles. The van der Waals surface area contributed by atoms with Crippen molar-refractivity contribution >= 4 is 0 Å². The van der Waals surface area contributed by atoms with Gasteiger partial charge in [0.05, 0.1) is 6.07 Å². The molecule has 1 fully saturated rings. The standard InChI is InChI=1S/C13H15FN2/c14-12-5-2-1-4-11(12)6-8-13(10-15)7-3-9-16-13/h1-2,4-5,16H,3,6-9H2. The molecule has 1 heterocycles. The maximum atomic E-state index is 13.4. The summed E-state index contributed by atoms with van der Waals surface area (Å²) < 4.78 is 13.4. The number of nitriles is 1. The lowest BCUT2D eigenvalue weighted by molar-refractivity contribution is 0.442. The van der Waals surface area contributed by atoms with Gasteiger partial charge in [-0.2, -0.15) is 5.26 Å². The summed E-state index contributed by atoms with van der Waals surface area (Å²) in [5, 5.41) is 12.4. The average Bonchev–Trinajstić information content (AvgIpc) is 2.78. The fourth-order valence-corrected chi connectivity index (χ4v) is 2.22. The van der Waals surface area contributed by atoms with Crippen LogP contribution in [0.2, 0.25) is 0 Å². The molecule has 0 amide bonds. The Morgan fingerprint density at radius 2 is 2.25 bits per heavy atom. The van der Waals surface area contributed by atoms with Gasteiger partial charge in [0.2, 0.25) is 0 Å². The van der Waals surface area contributed by atoms with Crippen LogP contribution < -0.4 is 5.32 Å². The van der Waals surface area contributed by atoms with Gasteiger partial charge in [0.15, 0.2) is 0 Å². The van der Waals surface area contributed by atoms with Crippen LogP contribution in [0.3, 0.4) is 0 Å². The Balaban J connectivity index is 2.02. The fourth-order valence-electron chi connectivity index (χ4n) is 2.22. The molecule has 1 saturated heterocycles. The van der Waals surface area contributed by atoms with Crippen LogP contribution in [0.25, 0.3) is 0 Å². The van der Waals surface area contributed by atoms with E-state index in [-0.39, 0.29) is 5.82 Å². The molecule has 3 heteroatoms. The van der Waals surface area contributed by atoms with Crippen molar-refractivity contribution < 1.29 is 4.39 Å². The fraction of sp³-hybridized carbons (Fsp3) is 0.462. The highest BCUT2D eigenvalue weighted by atomic mass is 19.1. The molecule has 1 aromatic rings. The minimum absolute atomic E-state index is 0.173. The second-order valence-electron chi connectivity index (χ2n) is 4.32. The average molecular weight is 218 g/mol. The predicted octanol–water partition coefficient (Wildman–Crippen LogP) is 2.40. The van der Waals surface area contributed by atoms with Gasteiger partial charge in [-0.15, -0.1) is 0 Å². The number of benzene rings is 1. The second-order valence-corrected chi connectivity index (χ2v) is 4.32. The van der Waals surface area contributed by atoms with Crippen LogP contribution in [0.4, 0.5) is 4.39 Å². The van der Waals surface area contributed by atoms with Crippen molar-refractivity contribution in [2.45, 2.75) is 31.2 Å². The first-order valence-corrected chi connectivity index (χ1v) is 5.65. The van der Waals surface area contributed by atoms with Crippen molar-refractivity contribution in [2.24, 2.45) is 0 Å². The largest absolute Gasteiger partial charge is 0.299 e. The molecule has 2 rings (SSSR count). The zero-order valence-corrected chi connectivity index (χ0v) is 9.17. The summed E-state index contributed by atoms with van der Waals surface area (Å²) in [4.78, 5) is 0. The summed E-state index contributed by atoms with van der Waals surface area (Å²) in [7, 11) is 0. The summed E-state index contributed by atoms with van der Waals surface area (Å²) in [5.41, 5.74) is 0.272. The Labute approximate surface area is 95.1 Å². The van der Waals surface area contributed by atoms with Gasteiger partial charge in [0.1, 0.15) is 11.4 Å². The van der Waals surface area contributed by atoms with Crippen LogP contribution in [-0.2, 0) is 6.42 Å². The number of hydrogen-bond donors (Lipinski definition) is 1. The highest BCUT2D eigenvalue weighted by Crippen LogP contribution is 2.24.